The van der Waals surface area contributed by atoms with Gasteiger partial charge in [-0.2, -0.15) is 0 Å². The van der Waals surface area contributed by atoms with Crippen LogP contribution in [0.5, 0.6) is 0 Å². The number of pyridine rings is 6. The van der Waals surface area contributed by atoms with Gasteiger partial charge in [0.15, 0.2) is 0 Å². The maximum atomic E-state index is 4.67. The molecule has 24 aromatic rings. The predicted octanol–water partition coefficient (Wildman–Crippen LogP) is 31.8. The summed E-state index contributed by atoms with van der Waals surface area (Å²) >= 11 is 0. The Kier molecular flexibility index (Phi) is 19.9. The minimum Gasteiger partial charge on any atom is -0.265 e. The van der Waals surface area contributed by atoms with Crippen LogP contribution in [-0.4, -0.2) is 29.9 Å². The normalized spacial score (nSPS) is 11.3. The molecule has 6 nitrogen and oxygen atoms in total. The maximum absolute atomic E-state index is 4.67. The van der Waals surface area contributed by atoms with Gasteiger partial charge in [-0.15, -0.1) is 0 Å². The summed E-state index contributed by atoms with van der Waals surface area (Å²) in [4.78, 5) is 26.3. The standard InChI is InChI=1S/3C40H26N2/c1-2-12-34(32-22-30(28-9-7-19-41-25-28)21-31(23-32)29-10-8-20-42-26-29)33(11-1)27-17-18-39-37-15-4-3-13-35(37)36-14-5-6-16-38(36)40(39)24-27;1-2-12-33(30-22-29(28-10-9-20-41-26-28)23-31(24-30)40-17-7-8-21-42-40)32(11-1)27-18-19-38-36-15-4-3-13-34(36)35-14-5-6-16-37(35)39(38)25-27;1-2-8-34(32-24-30(27-15-19-41-20-16-27)23-31(25-32)28-17-21-42-22-18-28)33(7-1)29-13-14-39-37-11-4-3-9-35(37)36-10-5-6-12-38(36)40(39)26-29/h3*1-26H. The molecule has 6 aromatic heterocycles. The van der Waals surface area contributed by atoms with E-state index in [2.05, 4.69) is 406 Å². The molecule has 0 spiro atoms. The average Bonchev–Trinajstić information content (AvgIpc) is 0.746. The number of hydrogen-bond acceptors (Lipinski definition) is 6. The van der Waals surface area contributed by atoms with E-state index in [1.807, 2.05) is 98.5 Å². The first-order valence-corrected chi connectivity index (χ1v) is 42.7. The van der Waals surface area contributed by atoms with Gasteiger partial charge in [0.1, 0.15) is 0 Å². The van der Waals surface area contributed by atoms with E-state index in [4.69, 9.17) is 0 Å². The molecule has 588 valence electrons. The molecular weight excluding hydrogens is 1530 g/mol. The molecule has 0 radical (unpaired) electrons. The summed E-state index contributed by atoms with van der Waals surface area (Å²) in [6, 6.07) is 146. The average molecular weight is 1600 g/mol. The summed E-state index contributed by atoms with van der Waals surface area (Å²) in [5, 5.41) is 23.1. The van der Waals surface area contributed by atoms with E-state index >= 15 is 0 Å². The van der Waals surface area contributed by atoms with Gasteiger partial charge in [0.2, 0.25) is 0 Å². The van der Waals surface area contributed by atoms with Gasteiger partial charge in [-0.1, -0.05) is 279 Å². The van der Waals surface area contributed by atoms with Crippen molar-refractivity contribution >= 4 is 97.0 Å². The number of benzene rings is 18. The third-order valence-electron chi connectivity index (χ3n) is 24.7. The third kappa shape index (κ3) is 14.5. The minimum atomic E-state index is 0.950. The molecule has 0 saturated heterocycles. The lowest BCUT2D eigenvalue weighted by Crippen LogP contribution is -1.91. The second-order valence-electron chi connectivity index (χ2n) is 32.0. The van der Waals surface area contributed by atoms with Gasteiger partial charge >= 0.3 is 0 Å². The van der Waals surface area contributed by atoms with Gasteiger partial charge in [-0.3, -0.25) is 29.9 Å². The van der Waals surface area contributed by atoms with Gasteiger partial charge in [-0.05, 0) is 330 Å². The zero-order valence-electron chi connectivity index (χ0n) is 68.7. The van der Waals surface area contributed by atoms with E-state index in [1.165, 1.54) is 153 Å². The van der Waals surface area contributed by atoms with Crippen LogP contribution in [-0.2, 0) is 0 Å². The van der Waals surface area contributed by atoms with Crippen molar-refractivity contribution in [3.63, 3.8) is 0 Å². The Labute approximate surface area is 730 Å². The molecule has 6 heteroatoms. The minimum absolute atomic E-state index is 0.950. The molecule has 0 fully saturated rings. The van der Waals surface area contributed by atoms with Crippen molar-refractivity contribution in [1.29, 1.82) is 0 Å². The van der Waals surface area contributed by atoms with Crippen LogP contribution in [0.3, 0.4) is 0 Å². The summed E-state index contributed by atoms with van der Waals surface area (Å²) < 4.78 is 0. The highest BCUT2D eigenvalue weighted by atomic mass is 14.7. The highest BCUT2D eigenvalue weighted by Gasteiger charge is 2.21. The first-order chi connectivity index (χ1) is 62.5. The molecule has 0 saturated carbocycles. The number of nitrogens with zero attached hydrogens (tertiary/aromatic N) is 6. The zero-order chi connectivity index (χ0) is 83.6. The van der Waals surface area contributed by atoms with Crippen LogP contribution in [0.25, 0.3) is 231 Å². The fraction of sp³-hybridized carbons (Fsp3) is 0. The molecule has 0 bridgehead atoms. The second-order valence-corrected chi connectivity index (χ2v) is 32.0. The largest absolute Gasteiger partial charge is 0.265 e. The fourth-order valence-corrected chi connectivity index (χ4v) is 18.7. The van der Waals surface area contributed by atoms with Gasteiger partial charge in [-0.25, -0.2) is 0 Å². The highest BCUT2D eigenvalue weighted by Crippen LogP contribution is 2.47. The number of hydrogen-bond donors (Lipinski definition) is 0. The quantitative estimate of drug-likeness (QED) is 0.113. The maximum Gasteiger partial charge on any atom is 0.0702 e. The van der Waals surface area contributed by atoms with E-state index in [0.29, 0.717) is 0 Å². The fourth-order valence-electron chi connectivity index (χ4n) is 18.7. The summed E-state index contributed by atoms with van der Waals surface area (Å²) in [7, 11) is 0. The Morgan fingerprint density at radius 2 is 0.341 bits per heavy atom. The van der Waals surface area contributed by atoms with Crippen LogP contribution in [0.2, 0.25) is 0 Å². The van der Waals surface area contributed by atoms with E-state index in [0.717, 1.165) is 78.0 Å². The van der Waals surface area contributed by atoms with Crippen LogP contribution in [0, 0.1) is 0 Å². The SMILES string of the molecule is c1ccc(-c2cc(-c3cccnc3)cc(-c3ccccc3-c3ccc4c5ccccc5c5ccccc5c4c3)c2)nc1.c1ccc(-c2ccc3c4ccccc4c4ccccc4c3c2)c(-c2cc(-c3ccncc3)cc(-c3ccncc3)c2)c1.c1cncc(-c2cc(-c3cccnc3)cc(-c3ccccc3-c3ccc4c5ccccc5c5ccccc5c4c3)c2)c1. The Morgan fingerprint density at radius 3 is 0.611 bits per heavy atom. The van der Waals surface area contributed by atoms with Crippen molar-refractivity contribution in [2.24, 2.45) is 0 Å². The first kappa shape index (κ1) is 75.4. The van der Waals surface area contributed by atoms with E-state index in [1.54, 1.807) is 0 Å². The van der Waals surface area contributed by atoms with Crippen molar-refractivity contribution in [2.45, 2.75) is 0 Å². The topological polar surface area (TPSA) is 77.3 Å². The molecule has 0 unspecified atom stereocenters. The van der Waals surface area contributed by atoms with Crippen LogP contribution >= 0.6 is 0 Å². The predicted molar refractivity (Wildman–Crippen MR) is 529 cm³/mol. The molecule has 24 rings (SSSR count). The number of fused-ring (bicyclic) bond motifs is 18. The molecule has 126 heavy (non-hydrogen) atoms. The molecule has 18 aromatic carbocycles. The Bertz CT molecular complexity index is 7200. The van der Waals surface area contributed by atoms with Gasteiger partial charge < -0.3 is 0 Å². The highest BCUT2D eigenvalue weighted by molar-refractivity contribution is 6.28. The molecule has 0 amide bonds. The molecule has 0 N–H and O–H groups in total. The van der Waals surface area contributed by atoms with Crippen LogP contribution in [0.4, 0.5) is 0 Å². The third-order valence-corrected chi connectivity index (χ3v) is 24.7. The Morgan fingerprint density at radius 1 is 0.111 bits per heavy atom. The summed E-state index contributed by atoms with van der Waals surface area (Å²) in [6.45, 7) is 0. The molecule has 0 aliphatic rings. The summed E-state index contributed by atoms with van der Waals surface area (Å²) in [5.41, 5.74) is 27.6. The molecule has 0 aliphatic heterocycles. The lowest BCUT2D eigenvalue weighted by Gasteiger charge is -2.16. The van der Waals surface area contributed by atoms with Crippen molar-refractivity contribution in [3.8, 4) is 134 Å². The second kappa shape index (κ2) is 33.3. The zero-order valence-corrected chi connectivity index (χ0v) is 68.7. The summed E-state index contributed by atoms with van der Waals surface area (Å²) in [6.07, 6.45) is 20.5. The number of rotatable bonds is 12. The van der Waals surface area contributed by atoms with E-state index in [-0.39, 0.29) is 0 Å². The van der Waals surface area contributed by atoms with Gasteiger partial charge in [0, 0.05) is 90.4 Å². The van der Waals surface area contributed by atoms with Crippen molar-refractivity contribution < 1.29 is 0 Å². The molecule has 0 aliphatic carbocycles. The number of aromatic nitrogens is 6. The summed E-state index contributed by atoms with van der Waals surface area (Å²) in [5.74, 6) is 0. The van der Waals surface area contributed by atoms with Crippen LogP contribution < -0.4 is 0 Å². The van der Waals surface area contributed by atoms with Crippen LogP contribution in [0.1, 0.15) is 0 Å². The first-order valence-electron chi connectivity index (χ1n) is 42.7. The lowest BCUT2D eigenvalue weighted by atomic mass is 9.88. The smallest absolute Gasteiger partial charge is 0.0702 e. The lowest BCUT2D eigenvalue weighted by molar-refractivity contribution is 1.32. The molecular formula is C120H78N6. The van der Waals surface area contributed by atoms with E-state index < -0.39 is 0 Å². The Balaban J connectivity index is 0.000000112. The Hall–Kier alpha value is -16.8. The van der Waals surface area contributed by atoms with Crippen molar-refractivity contribution in [2.75, 3.05) is 0 Å². The van der Waals surface area contributed by atoms with E-state index in [9.17, 15) is 0 Å². The van der Waals surface area contributed by atoms with Crippen molar-refractivity contribution in [3.05, 3.63) is 475 Å². The molecule has 0 atom stereocenters. The van der Waals surface area contributed by atoms with Crippen molar-refractivity contribution in [1.82, 2.24) is 29.9 Å². The van der Waals surface area contributed by atoms with Gasteiger partial charge in [0.25, 0.3) is 0 Å². The monoisotopic (exact) mass is 1600 g/mol. The van der Waals surface area contributed by atoms with Gasteiger partial charge in [0.05, 0.1) is 5.69 Å². The van der Waals surface area contributed by atoms with Crippen LogP contribution in [0.15, 0.2) is 475 Å². The molecule has 6 heterocycles.